The van der Waals surface area contributed by atoms with Crippen LogP contribution in [-0.4, -0.2) is 9.78 Å². The first-order valence-electron chi connectivity index (χ1n) is 4.69. The molecule has 0 fully saturated rings. The Morgan fingerprint density at radius 1 is 1.33 bits per heavy atom. The van der Waals surface area contributed by atoms with Gasteiger partial charge in [-0.05, 0) is 47.1 Å². The van der Waals surface area contributed by atoms with Crippen molar-refractivity contribution in [2.75, 3.05) is 0 Å². The summed E-state index contributed by atoms with van der Waals surface area (Å²) in [5.41, 5.74) is 1.76. The van der Waals surface area contributed by atoms with Gasteiger partial charge in [-0.1, -0.05) is 0 Å². The summed E-state index contributed by atoms with van der Waals surface area (Å²) in [6.07, 6.45) is 1.92. The highest BCUT2D eigenvalue weighted by molar-refractivity contribution is 9.10. The van der Waals surface area contributed by atoms with Crippen LogP contribution < -0.4 is 0 Å². The lowest BCUT2D eigenvalue weighted by Gasteiger charge is -1.97. The van der Waals surface area contributed by atoms with E-state index < -0.39 is 0 Å². The molecule has 1 aromatic carbocycles. The van der Waals surface area contributed by atoms with Crippen molar-refractivity contribution >= 4 is 15.9 Å². The fourth-order valence-corrected chi connectivity index (χ4v) is 1.91. The van der Waals surface area contributed by atoms with E-state index in [9.17, 15) is 4.39 Å². The van der Waals surface area contributed by atoms with E-state index in [2.05, 4.69) is 21.0 Å². The molecule has 1 aromatic heterocycles. The van der Waals surface area contributed by atoms with Crippen LogP contribution in [0.5, 0.6) is 0 Å². The second kappa shape index (κ2) is 4.14. The SMILES string of the molecule is CCn1cc(Br)c(-c2ccc(F)cc2)n1. The quantitative estimate of drug-likeness (QED) is 0.816. The molecule has 15 heavy (non-hydrogen) atoms. The number of hydrogen-bond acceptors (Lipinski definition) is 1. The van der Waals surface area contributed by atoms with Crippen LogP contribution in [0.3, 0.4) is 0 Å². The molecule has 0 unspecified atom stereocenters. The monoisotopic (exact) mass is 268 g/mol. The van der Waals surface area contributed by atoms with Gasteiger partial charge in [0.05, 0.1) is 4.47 Å². The molecular weight excluding hydrogens is 259 g/mol. The molecule has 2 nitrogen and oxygen atoms in total. The molecule has 4 heteroatoms. The minimum absolute atomic E-state index is 0.232. The van der Waals surface area contributed by atoms with E-state index in [1.54, 1.807) is 12.1 Å². The highest BCUT2D eigenvalue weighted by Gasteiger charge is 2.07. The number of hydrogen-bond donors (Lipinski definition) is 0. The average molecular weight is 269 g/mol. The largest absolute Gasteiger partial charge is 0.271 e. The second-order valence-electron chi connectivity index (χ2n) is 3.19. The lowest BCUT2D eigenvalue weighted by molar-refractivity contribution is 0.628. The topological polar surface area (TPSA) is 17.8 Å². The predicted octanol–water partition coefficient (Wildman–Crippen LogP) is 3.47. The molecule has 0 aliphatic rings. The first kappa shape index (κ1) is 10.4. The maximum Gasteiger partial charge on any atom is 0.123 e. The van der Waals surface area contributed by atoms with Gasteiger partial charge in [0, 0.05) is 18.3 Å². The molecule has 0 radical (unpaired) electrons. The molecule has 0 saturated carbocycles. The first-order chi connectivity index (χ1) is 7.20. The Labute approximate surface area is 95.9 Å². The zero-order chi connectivity index (χ0) is 10.8. The molecule has 78 valence electrons. The Balaban J connectivity index is 2.44. The van der Waals surface area contributed by atoms with Crippen molar-refractivity contribution in [3.8, 4) is 11.3 Å². The third-order valence-electron chi connectivity index (χ3n) is 2.16. The lowest BCUT2D eigenvalue weighted by atomic mass is 10.1. The highest BCUT2D eigenvalue weighted by atomic mass is 79.9. The van der Waals surface area contributed by atoms with Crippen LogP contribution in [0.1, 0.15) is 6.92 Å². The number of aryl methyl sites for hydroxylation is 1. The van der Waals surface area contributed by atoms with Gasteiger partial charge in [0.15, 0.2) is 0 Å². The Hall–Kier alpha value is -1.16. The summed E-state index contributed by atoms with van der Waals surface area (Å²) in [5.74, 6) is -0.232. The number of aromatic nitrogens is 2. The maximum absolute atomic E-state index is 12.7. The molecule has 0 spiro atoms. The Kier molecular flexibility index (Phi) is 2.86. The highest BCUT2D eigenvalue weighted by Crippen LogP contribution is 2.26. The van der Waals surface area contributed by atoms with Gasteiger partial charge >= 0.3 is 0 Å². The third-order valence-corrected chi connectivity index (χ3v) is 2.74. The molecule has 0 aliphatic carbocycles. The lowest BCUT2D eigenvalue weighted by Crippen LogP contribution is -1.93. The van der Waals surface area contributed by atoms with E-state index in [0.717, 1.165) is 22.3 Å². The molecule has 0 amide bonds. The average Bonchev–Trinajstić information content (AvgIpc) is 2.61. The molecule has 0 N–H and O–H groups in total. The van der Waals surface area contributed by atoms with Crippen LogP contribution in [0.25, 0.3) is 11.3 Å². The van der Waals surface area contributed by atoms with Crippen molar-refractivity contribution in [2.24, 2.45) is 0 Å². The maximum atomic E-state index is 12.7. The predicted molar refractivity (Wildman–Crippen MR) is 61.0 cm³/mol. The van der Waals surface area contributed by atoms with Gasteiger partial charge in [0.25, 0.3) is 0 Å². The molecule has 2 aromatic rings. The van der Waals surface area contributed by atoms with Gasteiger partial charge in [-0.25, -0.2) is 4.39 Å². The normalized spacial score (nSPS) is 10.6. The van der Waals surface area contributed by atoms with E-state index >= 15 is 0 Å². The van der Waals surface area contributed by atoms with Crippen LogP contribution in [-0.2, 0) is 6.54 Å². The summed E-state index contributed by atoms with van der Waals surface area (Å²) >= 11 is 3.44. The Morgan fingerprint density at radius 2 is 2.00 bits per heavy atom. The van der Waals surface area contributed by atoms with Crippen molar-refractivity contribution in [3.63, 3.8) is 0 Å². The Bertz CT molecular complexity index is 462. The van der Waals surface area contributed by atoms with Gasteiger partial charge in [-0.2, -0.15) is 5.10 Å². The Morgan fingerprint density at radius 3 is 2.53 bits per heavy atom. The van der Waals surface area contributed by atoms with E-state index in [-0.39, 0.29) is 5.82 Å². The van der Waals surface area contributed by atoms with Gasteiger partial charge in [0.1, 0.15) is 11.5 Å². The van der Waals surface area contributed by atoms with Gasteiger partial charge in [-0.3, -0.25) is 4.68 Å². The smallest absolute Gasteiger partial charge is 0.123 e. The van der Waals surface area contributed by atoms with Crippen molar-refractivity contribution < 1.29 is 4.39 Å². The van der Waals surface area contributed by atoms with Crippen LogP contribution in [0, 0.1) is 5.82 Å². The fraction of sp³-hybridized carbons (Fsp3) is 0.182. The fourth-order valence-electron chi connectivity index (χ4n) is 1.36. The molecule has 1 heterocycles. The van der Waals surface area contributed by atoms with Gasteiger partial charge in [0.2, 0.25) is 0 Å². The summed E-state index contributed by atoms with van der Waals surface area (Å²) in [5, 5.41) is 4.38. The van der Waals surface area contributed by atoms with Crippen molar-refractivity contribution in [1.82, 2.24) is 9.78 Å². The summed E-state index contributed by atoms with van der Waals surface area (Å²) in [6, 6.07) is 6.32. The third kappa shape index (κ3) is 2.09. The van der Waals surface area contributed by atoms with Crippen LogP contribution >= 0.6 is 15.9 Å². The molecule has 2 rings (SSSR count). The van der Waals surface area contributed by atoms with Crippen LogP contribution in [0.4, 0.5) is 4.39 Å². The summed E-state index contributed by atoms with van der Waals surface area (Å²) in [6.45, 7) is 2.84. The van der Waals surface area contributed by atoms with Crippen molar-refractivity contribution in [1.29, 1.82) is 0 Å². The number of halogens is 2. The van der Waals surface area contributed by atoms with Crippen molar-refractivity contribution in [2.45, 2.75) is 13.5 Å². The van der Waals surface area contributed by atoms with E-state index in [4.69, 9.17) is 0 Å². The second-order valence-corrected chi connectivity index (χ2v) is 4.04. The zero-order valence-corrected chi connectivity index (χ0v) is 9.83. The van der Waals surface area contributed by atoms with Gasteiger partial charge in [-0.15, -0.1) is 0 Å². The van der Waals surface area contributed by atoms with Crippen LogP contribution in [0.15, 0.2) is 34.9 Å². The number of benzene rings is 1. The number of nitrogens with zero attached hydrogens (tertiary/aromatic N) is 2. The zero-order valence-electron chi connectivity index (χ0n) is 8.24. The summed E-state index contributed by atoms with van der Waals surface area (Å²) < 4.78 is 15.5. The summed E-state index contributed by atoms with van der Waals surface area (Å²) in [4.78, 5) is 0. The van der Waals surface area contributed by atoms with E-state index in [0.29, 0.717) is 0 Å². The first-order valence-corrected chi connectivity index (χ1v) is 5.49. The molecular formula is C11H10BrFN2. The minimum Gasteiger partial charge on any atom is -0.271 e. The van der Waals surface area contributed by atoms with E-state index in [1.807, 2.05) is 17.8 Å². The van der Waals surface area contributed by atoms with Crippen LogP contribution in [0.2, 0.25) is 0 Å². The molecule has 0 atom stereocenters. The molecule has 0 bridgehead atoms. The minimum atomic E-state index is -0.232. The van der Waals surface area contributed by atoms with Gasteiger partial charge < -0.3 is 0 Å². The molecule has 0 aliphatic heterocycles. The standard InChI is InChI=1S/C11H10BrFN2/c1-2-15-7-10(12)11(14-15)8-3-5-9(13)6-4-8/h3-7H,2H2,1H3. The van der Waals surface area contributed by atoms with Crippen molar-refractivity contribution in [3.05, 3.63) is 40.8 Å². The summed E-state index contributed by atoms with van der Waals surface area (Å²) in [7, 11) is 0. The van der Waals surface area contributed by atoms with E-state index in [1.165, 1.54) is 12.1 Å². The molecule has 0 saturated heterocycles. The number of rotatable bonds is 2.